The molecular formula is C27H44O2. The molecule has 0 spiro atoms. The van der Waals surface area contributed by atoms with E-state index in [0.717, 1.165) is 49.9 Å². The predicted molar refractivity (Wildman–Crippen MR) is 123 cm³/mol. The van der Waals surface area contributed by atoms with E-state index in [-0.39, 0.29) is 6.10 Å². The molecule has 0 aromatic rings. The van der Waals surface area contributed by atoms with Crippen LogP contribution in [-0.2, 0) is 0 Å². The van der Waals surface area contributed by atoms with Crippen LogP contribution in [0.4, 0.5) is 0 Å². The van der Waals surface area contributed by atoms with Gasteiger partial charge in [0.1, 0.15) is 0 Å². The van der Waals surface area contributed by atoms with Gasteiger partial charge in [0, 0.05) is 0 Å². The van der Waals surface area contributed by atoms with Crippen LogP contribution in [0.15, 0.2) is 35.5 Å². The van der Waals surface area contributed by atoms with Gasteiger partial charge < -0.3 is 10.2 Å². The van der Waals surface area contributed by atoms with Gasteiger partial charge in [-0.15, -0.1) is 0 Å². The fourth-order valence-corrected chi connectivity index (χ4v) is 6.67. The lowest BCUT2D eigenvalue weighted by atomic mass is 9.60. The Labute approximate surface area is 179 Å². The molecular weight excluding hydrogens is 356 g/mol. The van der Waals surface area contributed by atoms with Crippen molar-refractivity contribution in [3.05, 3.63) is 35.5 Å². The molecule has 2 heteroatoms. The number of fused-ring (bicyclic) bond motifs is 1. The maximum absolute atomic E-state index is 10.0. The topological polar surface area (TPSA) is 40.5 Å². The molecule has 0 radical (unpaired) electrons. The van der Waals surface area contributed by atoms with Crippen molar-refractivity contribution >= 4 is 0 Å². The zero-order chi connectivity index (χ0) is 21.2. The third-order valence-electron chi connectivity index (χ3n) is 8.36. The molecule has 164 valence electrons. The first kappa shape index (κ1) is 22.8. The summed E-state index contributed by atoms with van der Waals surface area (Å²) in [7, 11) is 0. The fraction of sp³-hybridized carbons (Fsp3) is 0.778. The SMILES string of the molecule is C=C1CC[C@H](O)C/C1=C\C=C1\CCC[C@]2(C)[C@@H]([C@H](C)CCCC(C)(C)O)CC[C@@H]12. The molecule has 3 aliphatic rings. The van der Waals surface area contributed by atoms with Gasteiger partial charge in [-0.1, -0.05) is 56.6 Å². The molecule has 0 bridgehead atoms. The summed E-state index contributed by atoms with van der Waals surface area (Å²) < 4.78 is 0. The van der Waals surface area contributed by atoms with E-state index in [1.54, 1.807) is 5.57 Å². The first-order valence-electron chi connectivity index (χ1n) is 12.1. The Kier molecular flexibility index (Phi) is 7.16. The number of aliphatic hydroxyl groups excluding tert-OH is 1. The monoisotopic (exact) mass is 400 g/mol. The van der Waals surface area contributed by atoms with E-state index in [4.69, 9.17) is 0 Å². The molecule has 0 aliphatic heterocycles. The summed E-state index contributed by atoms with van der Waals surface area (Å²) in [6.07, 6.45) is 16.9. The lowest BCUT2D eigenvalue weighted by Crippen LogP contribution is -2.36. The molecule has 3 rings (SSSR count). The summed E-state index contributed by atoms with van der Waals surface area (Å²) in [6.45, 7) is 13.1. The zero-order valence-electron chi connectivity index (χ0n) is 19.3. The van der Waals surface area contributed by atoms with E-state index in [0.29, 0.717) is 5.41 Å². The van der Waals surface area contributed by atoms with Crippen LogP contribution >= 0.6 is 0 Å². The Morgan fingerprint density at radius 3 is 2.69 bits per heavy atom. The highest BCUT2D eigenvalue weighted by Gasteiger charge is 2.50. The lowest BCUT2D eigenvalue weighted by molar-refractivity contribution is 0.0596. The third-order valence-corrected chi connectivity index (χ3v) is 8.36. The maximum Gasteiger partial charge on any atom is 0.0591 e. The molecule has 29 heavy (non-hydrogen) atoms. The van der Waals surface area contributed by atoms with E-state index in [1.807, 2.05) is 13.8 Å². The molecule has 0 aromatic heterocycles. The van der Waals surface area contributed by atoms with Crippen molar-refractivity contribution in [3.63, 3.8) is 0 Å². The van der Waals surface area contributed by atoms with Crippen LogP contribution < -0.4 is 0 Å². The molecule has 0 amide bonds. The predicted octanol–water partition coefficient (Wildman–Crippen LogP) is 6.73. The summed E-state index contributed by atoms with van der Waals surface area (Å²) in [5.41, 5.74) is 4.02. The molecule has 3 aliphatic carbocycles. The minimum atomic E-state index is -0.535. The Balaban J connectivity index is 1.68. The summed E-state index contributed by atoms with van der Waals surface area (Å²) in [6, 6.07) is 0. The van der Waals surface area contributed by atoms with Crippen molar-refractivity contribution in [1.82, 2.24) is 0 Å². The molecule has 0 saturated heterocycles. The van der Waals surface area contributed by atoms with Gasteiger partial charge in [-0.05, 0) is 100 Å². The van der Waals surface area contributed by atoms with E-state index < -0.39 is 5.60 Å². The van der Waals surface area contributed by atoms with Crippen molar-refractivity contribution < 1.29 is 10.2 Å². The number of hydrogen-bond donors (Lipinski definition) is 2. The van der Waals surface area contributed by atoms with Crippen molar-refractivity contribution in [2.24, 2.45) is 23.2 Å². The van der Waals surface area contributed by atoms with Crippen molar-refractivity contribution in [3.8, 4) is 0 Å². The average Bonchev–Trinajstić information content (AvgIpc) is 2.99. The van der Waals surface area contributed by atoms with Crippen molar-refractivity contribution in [2.75, 3.05) is 0 Å². The Hall–Kier alpha value is -0.860. The second kappa shape index (κ2) is 9.10. The van der Waals surface area contributed by atoms with Crippen LogP contribution in [0.2, 0.25) is 0 Å². The first-order chi connectivity index (χ1) is 13.6. The molecule has 5 atom stereocenters. The number of allylic oxidation sites excluding steroid dienone is 4. The summed E-state index contributed by atoms with van der Waals surface area (Å²) >= 11 is 0. The molecule has 0 unspecified atom stereocenters. The summed E-state index contributed by atoms with van der Waals surface area (Å²) in [4.78, 5) is 0. The minimum absolute atomic E-state index is 0.192. The normalized spacial score (nSPS) is 37.2. The highest BCUT2D eigenvalue weighted by Crippen LogP contribution is 2.60. The van der Waals surface area contributed by atoms with E-state index >= 15 is 0 Å². The van der Waals surface area contributed by atoms with E-state index in [1.165, 1.54) is 49.7 Å². The third kappa shape index (κ3) is 5.44. The largest absolute Gasteiger partial charge is 0.393 e. The highest BCUT2D eigenvalue weighted by atomic mass is 16.3. The maximum atomic E-state index is 10.0. The van der Waals surface area contributed by atoms with Gasteiger partial charge in [-0.2, -0.15) is 0 Å². The van der Waals surface area contributed by atoms with Crippen molar-refractivity contribution in [1.29, 1.82) is 0 Å². The molecule has 0 aromatic carbocycles. The van der Waals surface area contributed by atoms with Crippen LogP contribution in [0.1, 0.15) is 98.3 Å². The summed E-state index contributed by atoms with van der Waals surface area (Å²) in [5, 5.41) is 20.1. The number of aliphatic hydroxyl groups is 2. The van der Waals surface area contributed by atoms with Gasteiger partial charge in [0.15, 0.2) is 0 Å². The van der Waals surface area contributed by atoms with Crippen LogP contribution in [-0.4, -0.2) is 21.9 Å². The van der Waals surface area contributed by atoms with Gasteiger partial charge in [0.25, 0.3) is 0 Å². The minimum Gasteiger partial charge on any atom is -0.393 e. The van der Waals surface area contributed by atoms with Gasteiger partial charge in [0.05, 0.1) is 11.7 Å². The second-order valence-corrected chi connectivity index (χ2v) is 11.2. The number of hydrogen-bond acceptors (Lipinski definition) is 2. The average molecular weight is 401 g/mol. The molecule has 0 heterocycles. The standard InChI is InChI=1S/C27H44O2/c1-19-10-13-23(28)18-22(19)12-11-21-9-7-17-27(5)24(14-15-25(21)27)20(2)8-6-16-26(3,4)29/h11-12,20,23-25,28-29H,1,6-10,13-18H2,2-5H3/b21-11-,22-12+/t20-,23+,24-,25+,27-/m1/s1. The van der Waals surface area contributed by atoms with Crippen LogP contribution in [0.5, 0.6) is 0 Å². The van der Waals surface area contributed by atoms with E-state index in [9.17, 15) is 10.2 Å². The summed E-state index contributed by atoms with van der Waals surface area (Å²) in [5.74, 6) is 2.26. The van der Waals surface area contributed by atoms with E-state index in [2.05, 4.69) is 32.6 Å². The van der Waals surface area contributed by atoms with Gasteiger partial charge in [0.2, 0.25) is 0 Å². The smallest absolute Gasteiger partial charge is 0.0591 e. The van der Waals surface area contributed by atoms with Crippen LogP contribution in [0.3, 0.4) is 0 Å². The molecule has 2 N–H and O–H groups in total. The van der Waals surface area contributed by atoms with Crippen LogP contribution in [0.25, 0.3) is 0 Å². The highest BCUT2D eigenvalue weighted by molar-refractivity contribution is 5.36. The molecule has 2 nitrogen and oxygen atoms in total. The molecule has 3 fully saturated rings. The second-order valence-electron chi connectivity index (χ2n) is 11.2. The van der Waals surface area contributed by atoms with Crippen molar-refractivity contribution in [2.45, 2.75) is 110 Å². The lowest BCUT2D eigenvalue weighted by Gasteiger charge is -2.44. The number of rotatable bonds is 6. The Morgan fingerprint density at radius 2 is 1.97 bits per heavy atom. The Morgan fingerprint density at radius 1 is 1.21 bits per heavy atom. The van der Waals surface area contributed by atoms with Gasteiger partial charge >= 0.3 is 0 Å². The van der Waals surface area contributed by atoms with Gasteiger partial charge in [-0.25, -0.2) is 0 Å². The molecule has 3 saturated carbocycles. The Bertz CT molecular complexity index is 650. The quantitative estimate of drug-likeness (QED) is 0.518. The van der Waals surface area contributed by atoms with Gasteiger partial charge in [-0.3, -0.25) is 0 Å². The zero-order valence-corrected chi connectivity index (χ0v) is 19.3. The van der Waals surface area contributed by atoms with Crippen LogP contribution in [0, 0.1) is 23.2 Å². The first-order valence-corrected chi connectivity index (χ1v) is 12.1. The fourth-order valence-electron chi connectivity index (χ4n) is 6.67.